The summed E-state index contributed by atoms with van der Waals surface area (Å²) in [5, 5.41) is 11.3. The zero-order chi connectivity index (χ0) is 15.4. The molecule has 0 aliphatic heterocycles. The molecule has 2 aromatic rings. The lowest BCUT2D eigenvalue weighted by Crippen LogP contribution is -2.27. The number of hydrogen-bond donors (Lipinski definition) is 1. The van der Waals surface area contributed by atoms with Gasteiger partial charge < -0.3 is 5.32 Å². The fraction of sp³-hybridized carbons (Fsp3) is 0.125. The first kappa shape index (κ1) is 14.7. The quantitative estimate of drug-likeness (QED) is 0.941. The number of benzene rings is 2. The molecule has 21 heavy (non-hydrogen) atoms. The standard InChI is InChI=1S/C16H12F2N2O/c1-10(12-7-5-11(9-19)6-8-12)20-16(21)13-3-2-4-14(17)15(13)18/h2-8,10H,1H3,(H,20,21). The minimum Gasteiger partial charge on any atom is -0.345 e. The molecule has 0 aromatic heterocycles. The second-order valence-electron chi connectivity index (χ2n) is 4.53. The zero-order valence-electron chi connectivity index (χ0n) is 11.2. The highest BCUT2D eigenvalue weighted by molar-refractivity contribution is 5.94. The van der Waals surface area contributed by atoms with Crippen molar-refractivity contribution in [2.24, 2.45) is 0 Å². The van der Waals surface area contributed by atoms with Crippen molar-refractivity contribution in [1.82, 2.24) is 5.32 Å². The summed E-state index contributed by atoms with van der Waals surface area (Å²) in [6, 6.07) is 11.7. The number of halogens is 2. The Hall–Kier alpha value is -2.74. The van der Waals surface area contributed by atoms with E-state index in [9.17, 15) is 13.6 Å². The summed E-state index contributed by atoms with van der Waals surface area (Å²) in [6.07, 6.45) is 0. The Balaban J connectivity index is 2.15. The van der Waals surface area contributed by atoms with E-state index in [0.717, 1.165) is 11.6 Å². The molecule has 2 rings (SSSR count). The topological polar surface area (TPSA) is 52.9 Å². The van der Waals surface area contributed by atoms with Crippen LogP contribution in [0.25, 0.3) is 0 Å². The number of amides is 1. The first-order valence-electron chi connectivity index (χ1n) is 6.28. The second kappa shape index (κ2) is 6.14. The van der Waals surface area contributed by atoms with Gasteiger partial charge in [-0.15, -0.1) is 0 Å². The van der Waals surface area contributed by atoms with Crippen LogP contribution in [-0.2, 0) is 0 Å². The van der Waals surface area contributed by atoms with Gasteiger partial charge in [-0.2, -0.15) is 5.26 Å². The summed E-state index contributed by atoms with van der Waals surface area (Å²) in [5.41, 5.74) is 0.933. The van der Waals surface area contributed by atoms with Crippen LogP contribution in [-0.4, -0.2) is 5.91 Å². The first-order valence-corrected chi connectivity index (χ1v) is 6.28. The summed E-state index contributed by atoms with van der Waals surface area (Å²) in [7, 11) is 0. The fourth-order valence-electron chi connectivity index (χ4n) is 1.88. The predicted molar refractivity (Wildman–Crippen MR) is 73.4 cm³/mol. The largest absolute Gasteiger partial charge is 0.345 e. The lowest BCUT2D eigenvalue weighted by molar-refractivity contribution is 0.0934. The third-order valence-corrected chi connectivity index (χ3v) is 3.08. The van der Waals surface area contributed by atoms with Crippen molar-refractivity contribution >= 4 is 5.91 Å². The molecule has 0 spiro atoms. The Labute approximate surface area is 120 Å². The molecule has 1 N–H and O–H groups in total. The Morgan fingerprint density at radius 1 is 1.19 bits per heavy atom. The lowest BCUT2D eigenvalue weighted by Gasteiger charge is -2.14. The number of nitrogens with zero attached hydrogens (tertiary/aromatic N) is 1. The molecule has 0 saturated carbocycles. The van der Waals surface area contributed by atoms with Gasteiger partial charge in [-0.05, 0) is 36.8 Å². The van der Waals surface area contributed by atoms with Crippen LogP contribution >= 0.6 is 0 Å². The van der Waals surface area contributed by atoms with Crippen molar-refractivity contribution in [2.75, 3.05) is 0 Å². The minimum absolute atomic E-state index is 0.338. The second-order valence-corrected chi connectivity index (χ2v) is 4.53. The maximum Gasteiger partial charge on any atom is 0.254 e. The first-order chi connectivity index (χ1) is 10.0. The fourth-order valence-corrected chi connectivity index (χ4v) is 1.88. The highest BCUT2D eigenvalue weighted by atomic mass is 19.2. The van der Waals surface area contributed by atoms with Crippen LogP contribution in [0.3, 0.4) is 0 Å². The maximum absolute atomic E-state index is 13.5. The average Bonchev–Trinajstić information content (AvgIpc) is 2.50. The number of nitrogens with one attached hydrogen (secondary N) is 1. The Morgan fingerprint density at radius 2 is 1.86 bits per heavy atom. The van der Waals surface area contributed by atoms with Gasteiger partial charge in [-0.3, -0.25) is 4.79 Å². The minimum atomic E-state index is -1.16. The monoisotopic (exact) mass is 286 g/mol. The van der Waals surface area contributed by atoms with Crippen molar-refractivity contribution in [3.05, 3.63) is 70.8 Å². The highest BCUT2D eigenvalue weighted by Crippen LogP contribution is 2.16. The van der Waals surface area contributed by atoms with E-state index < -0.39 is 23.6 Å². The van der Waals surface area contributed by atoms with Crippen molar-refractivity contribution < 1.29 is 13.6 Å². The molecule has 0 aliphatic carbocycles. The van der Waals surface area contributed by atoms with Crippen LogP contribution in [0, 0.1) is 23.0 Å². The van der Waals surface area contributed by atoms with Gasteiger partial charge in [0.15, 0.2) is 11.6 Å². The van der Waals surface area contributed by atoms with E-state index in [0.29, 0.717) is 5.56 Å². The summed E-state index contributed by atoms with van der Waals surface area (Å²) >= 11 is 0. The molecule has 0 aliphatic rings. The van der Waals surface area contributed by atoms with Crippen LogP contribution in [0.2, 0.25) is 0 Å². The normalized spacial score (nSPS) is 11.5. The molecule has 3 nitrogen and oxygen atoms in total. The van der Waals surface area contributed by atoms with Gasteiger partial charge in [0.25, 0.3) is 5.91 Å². The molecule has 0 bridgehead atoms. The molecular formula is C16H12F2N2O. The van der Waals surface area contributed by atoms with Gasteiger partial charge in [-0.25, -0.2) is 8.78 Å². The molecule has 1 amide bonds. The van der Waals surface area contributed by atoms with Gasteiger partial charge >= 0.3 is 0 Å². The molecule has 2 aromatic carbocycles. The predicted octanol–water partition coefficient (Wildman–Crippen LogP) is 3.33. The van der Waals surface area contributed by atoms with E-state index in [-0.39, 0.29) is 5.56 Å². The summed E-state index contributed by atoms with van der Waals surface area (Å²) in [6.45, 7) is 1.72. The van der Waals surface area contributed by atoms with Crippen LogP contribution in [0.5, 0.6) is 0 Å². The molecule has 1 atom stereocenters. The molecule has 0 radical (unpaired) electrons. The third-order valence-electron chi connectivity index (χ3n) is 3.08. The van der Waals surface area contributed by atoms with Crippen molar-refractivity contribution in [2.45, 2.75) is 13.0 Å². The van der Waals surface area contributed by atoms with E-state index >= 15 is 0 Å². The van der Waals surface area contributed by atoms with Crippen LogP contribution < -0.4 is 5.32 Å². The van der Waals surface area contributed by atoms with Gasteiger partial charge in [0.1, 0.15) is 0 Å². The Kier molecular flexibility index (Phi) is 4.29. The molecule has 1 unspecified atom stereocenters. The average molecular weight is 286 g/mol. The molecule has 5 heteroatoms. The lowest BCUT2D eigenvalue weighted by atomic mass is 10.1. The summed E-state index contributed by atoms with van der Waals surface area (Å²) in [5.74, 6) is -2.92. The smallest absolute Gasteiger partial charge is 0.254 e. The zero-order valence-corrected chi connectivity index (χ0v) is 11.2. The number of hydrogen-bond acceptors (Lipinski definition) is 2. The number of rotatable bonds is 3. The van der Waals surface area contributed by atoms with Crippen LogP contribution in [0.15, 0.2) is 42.5 Å². The summed E-state index contributed by atoms with van der Waals surface area (Å²) < 4.78 is 26.6. The number of carbonyl (C=O) groups is 1. The molecular weight excluding hydrogens is 274 g/mol. The van der Waals surface area contributed by atoms with Gasteiger partial charge in [0.2, 0.25) is 0 Å². The van der Waals surface area contributed by atoms with Crippen molar-refractivity contribution in [1.29, 1.82) is 5.26 Å². The Morgan fingerprint density at radius 3 is 2.48 bits per heavy atom. The van der Waals surface area contributed by atoms with Crippen molar-refractivity contribution in [3.63, 3.8) is 0 Å². The van der Waals surface area contributed by atoms with E-state index in [4.69, 9.17) is 5.26 Å². The van der Waals surface area contributed by atoms with Crippen LogP contribution in [0.4, 0.5) is 8.78 Å². The van der Waals surface area contributed by atoms with Gasteiger partial charge in [-0.1, -0.05) is 18.2 Å². The Bertz CT molecular complexity index is 705. The van der Waals surface area contributed by atoms with Gasteiger partial charge in [0, 0.05) is 0 Å². The summed E-state index contributed by atoms with van der Waals surface area (Å²) in [4.78, 5) is 12.0. The van der Waals surface area contributed by atoms with Crippen LogP contribution in [0.1, 0.15) is 34.5 Å². The van der Waals surface area contributed by atoms with E-state index in [1.165, 1.54) is 12.1 Å². The van der Waals surface area contributed by atoms with E-state index in [2.05, 4.69) is 5.32 Å². The molecule has 106 valence electrons. The third kappa shape index (κ3) is 3.23. The molecule has 0 fully saturated rings. The van der Waals surface area contributed by atoms with E-state index in [1.54, 1.807) is 31.2 Å². The van der Waals surface area contributed by atoms with Crippen molar-refractivity contribution in [3.8, 4) is 6.07 Å². The maximum atomic E-state index is 13.5. The number of carbonyl (C=O) groups excluding carboxylic acids is 1. The molecule has 0 saturated heterocycles. The highest BCUT2D eigenvalue weighted by Gasteiger charge is 2.17. The molecule has 0 heterocycles. The number of nitriles is 1. The van der Waals surface area contributed by atoms with E-state index in [1.807, 2.05) is 6.07 Å². The van der Waals surface area contributed by atoms with Gasteiger partial charge in [0.05, 0.1) is 23.2 Å². The SMILES string of the molecule is CC(NC(=O)c1cccc(F)c1F)c1ccc(C#N)cc1.